The minimum Gasteiger partial charge on any atom is -0.489 e. The summed E-state index contributed by atoms with van der Waals surface area (Å²) >= 11 is 0. The van der Waals surface area contributed by atoms with Crippen molar-refractivity contribution in [3.8, 4) is 5.75 Å². The molecule has 8 nitrogen and oxygen atoms in total. The quantitative estimate of drug-likeness (QED) is 0.650. The molecule has 2 aromatic rings. The van der Waals surface area contributed by atoms with E-state index in [0.29, 0.717) is 30.8 Å². The molecule has 0 spiro atoms. The highest BCUT2D eigenvalue weighted by atomic mass is 16.5. The zero-order chi connectivity index (χ0) is 24.9. The first-order chi connectivity index (χ1) is 17.4. The van der Waals surface area contributed by atoms with E-state index in [1.54, 1.807) is 6.07 Å². The van der Waals surface area contributed by atoms with E-state index < -0.39 is 5.60 Å². The minimum absolute atomic E-state index is 0.00409. The molecule has 2 saturated heterocycles. The second kappa shape index (κ2) is 9.01. The minimum atomic E-state index is -0.816. The maximum atomic E-state index is 13.0. The largest absolute Gasteiger partial charge is 0.489 e. The molecule has 36 heavy (non-hydrogen) atoms. The van der Waals surface area contributed by atoms with Crippen molar-refractivity contribution in [2.45, 2.75) is 69.2 Å². The first kappa shape index (κ1) is 23.2. The molecule has 3 heterocycles. The number of likely N-dealkylation sites (tertiary alicyclic amines) is 1. The van der Waals surface area contributed by atoms with Crippen molar-refractivity contribution in [2.75, 3.05) is 13.1 Å². The van der Waals surface area contributed by atoms with Gasteiger partial charge in [-0.1, -0.05) is 36.8 Å². The Morgan fingerprint density at radius 2 is 1.61 bits per heavy atom. The van der Waals surface area contributed by atoms with E-state index in [9.17, 15) is 19.5 Å². The number of rotatable bonds is 5. The third-order valence-corrected chi connectivity index (χ3v) is 8.02. The van der Waals surface area contributed by atoms with E-state index in [0.717, 1.165) is 41.8 Å². The summed E-state index contributed by atoms with van der Waals surface area (Å²) < 4.78 is 6.48. The van der Waals surface area contributed by atoms with Gasteiger partial charge < -0.3 is 9.84 Å². The van der Waals surface area contributed by atoms with Gasteiger partial charge in [0.05, 0.1) is 6.54 Å². The number of hydrogen-bond donors (Lipinski definition) is 1. The van der Waals surface area contributed by atoms with Crippen LogP contribution in [0.3, 0.4) is 0 Å². The molecule has 2 aromatic carbocycles. The molecule has 3 fully saturated rings. The lowest BCUT2D eigenvalue weighted by molar-refractivity contribution is -0.163. The normalized spacial score (nSPS) is 26.1. The number of fused-ring (bicyclic) bond motifs is 1. The van der Waals surface area contributed by atoms with Crippen molar-refractivity contribution >= 4 is 17.7 Å². The summed E-state index contributed by atoms with van der Waals surface area (Å²) in [5.74, 6) is -0.273. The molecule has 3 aliphatic heterocycles. The van der Waals surface area contributed by atoms with Crippen LogP contribution in [-0.2, 0) is 21.7 Å². The zero-order valence-corrected chi connectivity index (χ0v) is 20.3. The molecular formula is C28H31N3O5. The number of hydrazine groups is 1. The van der Waals surface area contributed by atoms with Crippen LogP contribution in [0.25, 0.3) is 0 Å². The van der Waals surface area contributed by atoms with Crippen LogP contribution in [0.2, 0.25) is 0 Å². The standard InChI is InChI=1S/C28H31N3O5/c32-25-11-6-12-26(33)31(25)30-16-19-15-21(13-14-22(19)27(30)34)36-24-10-5-4-9-23(24)29-17-28(35,18-29)20-7-2-1-3-8-20/h1-3,7-8,13-15,23-24,35H,4-6,9-12,16-18H2/t23-,24-/m1/s1. The van der Waals surface area contributed by atoms with Gasteiger partial charge in [0.2, 0.25) is 11.8 Å². The molecule has 6 rings (SSSR count). The number of hydrogen-bond acceptors (Lipinski definition) is 6. The summed E-state index contributed by atoms with van der Waals surface area (Å²) in [7, 11) is 0. The third kappa shape index (κ3) is 3.98. The van der Waals surface area contributed by atoms with Crippen LogP contribution in [0.1, 0.15) is 66.4 Å². The van der Waals surface area contributed by atoms with Gasteiger partial charge in [0.1, 0.15) is 17.5 Å². The van der Waals surface area contributed by atoms with Gasteiger partial charge in [-0.05, 0) is 55.0 Å². The fraction of sp³-hybridized carbons (Fsp3) is 0.464. The first-order valence-electron chi connectivity index (χ1n) is 12.9. The predicted octanol–water partition coefficient (Wildman–Crippen LogP) is 2.99. The van der Waals surface area contributed by atoms with E-state index in [4.69, 9.17) is 4.74 Å². The Kier molecular flexibility index (Phi) is 5.80. The van der Waals surface area contributed by atoms with Crippen molar-refractivity contribution < 1.29 is 24.2 Å². The van der Waals surface area contributed by atoms with Crippen LogP contribution in [0.4, 0.5) is 0 Å². The van der Waals surface area contributed by atoms with Crippen LogP contribution < -0.4 is 4.74 Å². The maximum Gasteiger partial charge on any atom is 0.273 e. The van der Waals surface area contributed by atoms with Crippen molar-refractivity contribution in [2.24, 2.45) is 0 Å². The van der Waals surface area contributed by atoms with Gasteiger partial charge in [0.25, 0.3) is 5.91 Å². The molecule has 0 aromatic heterocycles. The van der Waals surface area contributed by atoms with Gasteiger partial charge in [0, 0.05) is 37.5 Å². The number of carbonyl (C=O) groups is 3. The van der Waals surface area contributed by atoms with Crippen molar-refractivity contribution in [1.29, 1.82) is 0 Å². The van der Waals surface area contributed by atoms with Gasteiger partial charge in [-0.25, -0.2) is 5.01 Å². The van der Waals surface area contributed by atoms with Crippen LogP contribution >= 0.6 is 0 Å². The summed E-state index contributed by atoms with van der Waals surface area (Å²) in [6.07, 6.45) is 5.26. The fourth-order valence-electron chi connectivity index (χ4n) is 6.13. The zero-order valence-electron chi connectivity index (χ0n) is 20.3. The topological polar surface area (TPSA) is 90.4 Å². The van der Waals surface area contributed by atoms with Crippen molar-refractivity contribution in [1.82, 2.24) is 14.9 Å². The van der Waals surface area contributed by atoms with Crippen LogP contribution in [-0.4, -0.2) is 63.0 Å². The number of β-amino-alcohol motifs (C(OH)–C–C–N with tert-alkyl or cyclic N) is 1. The number of nitrogens with zero attached hydrogens (tertiary/aromatic N) is 3. The Labute approximate surface area is 210 Å². The summed E-state index contributed by atoms with van der Waals surface area (Å²) in [5, 5.41) is 13.4. The number of amides is 3. The average Bonchev–Trinajstić information content (AvgIpc) is 3.18. The number of piperidine rings is 1. The molecule has 0 radical (unpaired) electrons. The Balaban J connectivity index is 1.15. The van der Waals surface area contributed by atoms with Crippen LogP contribution in [0.5, 0.6) is 5.75 Å². The molecule has 1 saturated carbocycles. The monoisotopic (exact) mass is 489 g/mol. The molecule has 2 atom stereocenters. The predicted molar refractivity (Wildman–Crippen MR) is 131 cm³/mol. The molecule has 8 heteroatoms. The van der Waals surface area contributed by atoms with Gasteiger partial charge >= 0.3 is 0 Å². The lowest BCUT2D eigenvalue weighted by atomic mass is 9.81. The summed E-state index contributed by atoms with van der Waals surface area (Å²) in [6.45, 7) is 1.37. The van der Waals surface area contributed by atoms with Crippen LogP contribution in [0, 0.1) is 0 Å². The molecule has 0 unspecified atom stereocenters. The molecule has 188 valence electrons. The summed E-state index contributed by atoms with van der Waals surface area (Å²) in [5.41, 5.74) is 1.40. The average molecular weight is 490 g/mol. The van der Waals surface area contributed by atoms with Crippen molar-refractivity contribution in [3.63, 3.8) is 0 Å². The Hall–Kier alpha value is -3.23. The number of aliphatic hydroxyl groups is 1. The second-order valence-corrected chi connectivity index (χ2v) is 10.4. The Bertz CT molecular complexity index is 1180. The number of benzene rings is 2. The van der Waals surface area contributed by atoms with E-state index in [2.05, 4.69) is 4.90 Å². The van der Waals surface area contributed by atoms with Crippen LogP contribution in [0.15, 0.2) is 48.5 Å². The van der Waals surface area contributed by atoms with Gasteiger partial charge in [-0.3, -0.25) is 19.3 Å². The van der Waals surface area contributed by atoms with E-state index in [1.165, 1.54) is 5.01 Å². The number of carbonyl (C=O) groups excluding carboxylic acids is 3. The maximum absolute atomic E-state index is 13.0. The highest BCUT2D eigenvalue weighted by Crippen LogP contribution is 2.38. The molecule has 1 N–H and O–H groups in total. The lowest BCUT2D eigenvalue weighted by Gasteiger charge is -2.53. The van der Waals surface area contributed by atoms with Gasteiger partial charge in [-0.15, -0.1) is 0 Å². The lowest BCUT2D eigenvalue weighted by Crippen LogP contribution is -2.65. The van der Waals surface area contributed by atoms with Gasteiger partial charge in [-0.2, -0.15) is 5.01 Å². The molecule has 0 bridgehead atoms. The fourth-order valence-corrected chi connectivity index (χ4v) is 6.13. The summed E-state index contributed by atoms with van der Waals surface area (Å²) in [4.78, 5) is 40.0. The Morgan fingerprint density at radius 3 is 2.36 bits per heavy atom. The van der Waals surface area contributed by atoms with E-state index in [1.807, 2.05) is 42.5 Å². The SMILES string of the molecule is O=C1c2ccc(O[C@@H]3CCCC[C@H]3N3CC(O)(c4ccccc4)C3)cc2CN1N1C(=O)CCCC1=O. The molecular weight excluding hydrogens is 458 g/mol. The number of ether oxygens (including phenoxy) is 1. The smallest absolute Gasteiger partial charge is 0.273 e. The summed E-state index contributed by atoms with van der Waals surface area (Å²) in [6, 6.07) is 15.5. The first-order valence-corrected chi connectivity index (χ1v) is 12.9. The second-order valence-electron chi connectivity index (χ2n) is 10.4. The molecule has 4 aliphatic rings. The van der Waals surface area contributed by atoms with Gasteiger partial charge in [0.15, 0.2) is 0 Å². The van der Waals surface area contributed by atoms with E-state index >= 15 is 0 Å². The molecule has 1 aliphatic carbocycles. The highest BCUT2D eigenvalue weighted by Gasteiger charge is 2.48. The highest BCUT2D eigenvalue weighted by molar-refractivity contribution is 6.04. The third-order valence-electron chi connectivity index (χ3n) is 8.02. The number of imide groups is 1. The molecule has 3 amide bonds. The Morgan fingerprint density at radius 1 is 0.889 bits per heavy atom. The van der Waals surface area contributed by atoms with Crippen molar-refractivity contribution in [3.05, 3.63) is 65.2 Å². The van der Waals surface area contributed by atoms with E-state index in [-0.39, 0.29) is 49.3 Å².